The first-order valence-corrected chi connectivity index (χ1v) is 11.8. The number of rotatable bonds is 8. The lowest BCUT2D eigenvalue weighted by Crippen LogP contribution is -2.47. The summed E-state index contributed by atoms with van der Waals surface area (Å²) in [6.07, 6.45) is 5.95. The molecule has 2 aliphatic heterocycles. The van der Waals surface area contributed by atoms with E-state index in [1.165, 1.54) is 18.5 Å². The van der Waals surface area contributed by atoms with Crippen molar-refractivity contribution in [3.05, 3.63) is 24.3 Å². The Hall–Kier alpha value is -2.28. The maximum atomic E-state index is 12.5. The predicted octanol–water partition coefficient (Wildman–Crippen LogP) is 2.11. The van der Waals surface area contributed by atoms with E-state index in [2.05, 4.69) is 27.2 Å². The standard InChI is InChI=1S/C24H36N4O3/c1-31-22-9-7-20(8-10-22)27-15-13-26(14-16-27)12-4-11-25-24(30)19-17-23(29)28(18-19)21-5-2-3-6-21/h7-10,19,21H,2-6,11-18H2,1H3,(H,25,30)/t19-/m0/s1. The summed E-state index contributed by atoms with van der Waals surface area (Å²) in [5, 5.41) is 3.07. The molecule has 1 aliphatic carbocycles. The van der Waals surface area contributed by atoms with Crippen LogP contribution in [0.1, 0.15) is 38.5 Å². The van der Waals surface area contributed by atoms with E-state index in [0.29, 0.717) is 25.6 Å². The Morgan fingerprint density at radius 2 is 1.81 bits per heavy atom. The monoisotopic (exact) mass is 428 g/mol. The van der Waals surface area contributed by atoms with Crippen LogP contribution >= 0.6 is 0 Å². The number of piperazine rings is 1. The van der Waals surface area contributed by atoms with Crippen LogP contribution in [0, 0.1) is 5.92 Å². The van der Waals surface area contributed by atoms with Gasteiger partial charge < -0.3 is 19.9 Å². The number of benzene rings is 1. The highest BCUT2D eigenvalue weighted by Crippen LogP contribution is 2.29. The van der Waals surface area contributed by atoms with Gasteiger partial charge in [0.15, 0.2) is 0 Å². The number of hydrogen-bond acceptors (Lipinski definition) is 5. The molecule has 4 rings (SSSR count). The van der Waals surface area contributed by atoms with Crippen molar-refractivity contribution in [2.24, 2.45) is 5.92 Å². The number of ether oxygens (including phenoxy) is 1. The SMILES string of the molecule is COc1ccc(N2CCN(CCCNC(=O)[C@H]3CC(=O)N(C4CCCC4)C3)CC2)cc1. The zero-order valence-electron chi connectivity index (χ0n) is 18.7. The number of anilines is 1. The molecule has 0 bridgehead atoms. The first-order chi connectivity index (χ1) is 15.1. The molecule has 2 amide bonds. The lowest BCUT2D eigenvalue weighted by atomic mass is 10.1. The Balaban J connectivity index is 1.11. The molecule has 7 nitrogen and oxygen atoms in total. The van der Waals surface area contributed by atoms with Crippen molar-refractivity contribution < 1.29 is 14.3 Å². The smallest absolute Gasteiger partial charge is 0.225 e. The van der Waals surface area contributed by atoms with E-state index in [1.807, 2.05) is 17.0 Å². The fourth-order valence-corrected chi connectivity index (χ4v) is 5.16. The molecule has 1 aromatic rings. The van der Waals surface area contributed by atoms with E-state index < -0.39 is 0 Å². The first-order valence-electron chi connectivity index (χ1n) is 11.8. The summed E-state index contributed by atoms with van der Waals surface area (Å²) >= 11 is 0. The number of hydrogen-bond donors (Lipinski definition) is 1. The number of likely N-dealkylation sites (tertiary alicyclic amines) is 1. The van der Waals surface area contributed by atoms with Crippen molar-refractivity contribution in [3.8, 4) is 5.75 Å². The average molecular weight is 429 g/mol. The van der Waals surface area contributed by atoms with E-state index >= 15 is 0 Å². The van der Waals surface area contributed by atoms with Crippen molar-refractivity contribution in [3.63, 3.8) is 0 Å². The van der Waals surface area contributed by atoms with Crippen LogP contribution in [-0.4, -0.2) is 80.6 Å². The van der Waals surface area contributed by atoms with Gasteiger partial charge in [0.1, 0.15) is 5.75 Å². The number of carbonyl (C=O) groups excluding carboxylic acids is 2. The molecule has 1 N–H and O–H groups in total. The summed E-state index contributed by atoms with van der Waals surface area (Å²) in [4.78, 5) is 31.7. The Morgan fingerprint density at radius 3 is 2.48 bits per heavy atom. The average Bonchev–Trinajstić information content (AvgIpc) is 3.47. The first kappa shape index (κ1) is 21.9. The molecule has 3 aliphatic rings. The highest BCUT2D eigenvalue weighted by Gasteiger charge is 2.38. The summed E-state index contributed by atoms with van der Waals surface area (Å²) in [6.45, 7) is 6.39. The molecule has 170 valence electrons. The summed E-state index contributed by atoms with van der Waals surface area (Å²) in [5.74, 6) is 0.943. The van der Waals surface area contributed by atoms with Gasteiger partial charge in [-0.25, -0.2) is 0 Å². The van der Waals surface area contributed by atoms with Crippen LogP contribution in [0.3, 0.4) is 0 Å². The van der Waals surface area contributed by atoms with E-state index in [1.54, 1.807) is 7.11 Å². The Bertz CT molecular complexity index is 740. The molecule has 1 saturated carbocycles. The third-order valence-corrected chi connectivity index (χ3v) is 7.05. The van der Waals surface area contributed by atoms with Gasteiger partial charge >= 0.3 is 0 Å². The molecule has 2 heterocycles. The fourth-order valence-electron chi connectivity index (χ4n) is 5.16. The van der Waals surface area contributed by atoms with Crippen LogP contribution in [0.25, 0.3) is 0 Å². The van der Waals surface area contributed by atoms with E-state index in [0.717, 1.165) is 57.7 Å². The minimum atomic E-state index is -0.166. The molecule has 31 heavy (non-hydrogen) atoms. The topological polar surface area (TPSA) is 65.1 Å². The predicted molar refractivity (Wildman–Crippen MR) is 121 cm³/mol. The summed E-state index contributed by atoms with van der Waals surface area (Å²) in [5.41, 5.74) is 1.24. The minimum absolute atomic E-state index is 0.0539. The van der Waals surface area contributed by atoms with Gasteiger partial charge in [-0.3, -0.25) is 14.5 Å². The lowest BCUT2D eigenvalue weighted by Gasteiger charge is -2.36. The third kappa shape index (κ3) is 5.50. The molecule has 7 heteroatoms. The van der Waals surface area contributed by atoms with Crippen molar-refractivity contribution in [1.29, 1.82) is 0 Å². The lowest BCUT2D eigenvalue weighted by molar-refractivity contribution is -0.130. The summed E-state index contributed by atoms with van der Waals surface area (Å²) in [6, 6.07) is 8.63. The molecule has 1 atom stereocenters. The highest BCUT2D eigenvalue weighted by atomic mass is 16.5. The minimum Gasteiger partial charge on any atom is -0.497 e. The van der Waals surface area contributed by atoms with Crippen LogP contribution in [0.15, 0.2) is 24.3 Å². The Morgan fingerprint density at radius 1 is 1.10 bits per heavy atom. The number of methoxy groups -OCH3 is 1. The van der Waals surface area contributed by atoms with Crippen molar-refractivity contribution in [2.45, 2.75) is 44.6 Å². The second-order valence-corrected chi connectivity index (χ2v) is 9.06. The van der Waals surface area contributed by atoms with E-state index in [-0.39, 0.29) is 17.7 Å². The van der Waals surface area contributed by atoms with E-state index in [9.17, 15) is 9.59 Å². The fraction of sp³-hybridized carbons (Fsp3) is 0.667. The number of nitrogens with zero attached hydrogens (tertiary/aromatic N) is 3. The maximum Gasteiger partial charge on any atom is 0.225 e. The summed E-state index contributed by atoms with van der Waals surface area (Å²) in [7, 11) is 1.69. The Labute approximate surface area is 185 Å². The molecule has 0 unspecified atom stereocenters. The largest absolute Gasteiger partial charge is 0.497 e. The van der Waals surface area contributed by atoms with Gasteiger partial charge in [-0.2, -0.15) is 0 Å². The second-order valence-electron chi connectivity index (χ2n) is 9.06. The van der Waals surface area contributed by atoms with Gasteiger partial charge in [-0.05, 0) is 50.1 Å². The van der Waals surface area contributed by atoms with Crippen LogP contribution in [0.5, 0.6) is 5.75 Å². The number of amides is 2. The van der Waals surface area contributed by atoms with Crippen molar-refractivity contribution in [1.82, 2.24) is 15.1 Å². The van der Waals surface area contributed by atoms with Crippen LogP contribution in [0.4, 0.5) is 5.69 Å². The van der Waals surface area contributed by atoms with Gasteiger partial charge in [0, 0.05) is 57.4 Å². The molecule has 2 saturated heterocycles. The van der Waals surface area contributed by atoms with Crippen LogP contribution < -0.4 is 15.0 Å². The number of nitrogens with one attached hydrogen (secondary N) is 1. The third-order valence-electron chi connectivity index (χ3n) is 7.05. The second kappa shape index (κ2) is 10.4. The molecular weight excluding hydrogens is 392 g/mol. The molecule has 0 spiro atoms. The molecule has 3 fully saturated rings. The summed E-state index contributed by atoms with van der Waals surface area (Å²) < 4.78 is 5.24. The molecule has 0 radical (unpaired) electrons. The van der Waals surface area contributed by atoms with Gasteiger partial charge in [0.2, 0.25) is 11.8 Å². The van der Waals surface area contributed by atoms with E-state index in [4.69, 9.17) is 4.74 Å². The molecular formula is C24H36N4O3. The van der Waals surface area contributed by atoms with Crippen molar-refractivity contribution >= 4 is 17.5 Å². The normalized spacial score (nSPS) is 22.9. The van der Waals surface area contributed by atoms with Crippen molar-refractivity contribution in [2.75, 3.05) is 57.8 Å². The van der Waals surface area contributed by atoms with Crippen LogP contribution in [0.2, 0.25) is 0 Å². The Kier molecular flexibility index (Phi) is 7.33. The zero-order chi connectivity index (χ0) is 21.6. The van der Waals surface area contributed by atoms with Crippen LogP contribution in [-0.2, 0) is 9.59 Å². The van der Waals surface area contributed by atoms with Gasteiger partial charge in [0.25, 0.3) is 0 Å². The van der Waals surface area contributed by atoms with Gasteiger partial charge in [0.05, 0.1) is 13.0 Å². The quantitative estimate of drug-likeness (QED) is 0.643. The molecule has 0 aromatic heterocycles. The van der Waals surface area contributed by atoms with Gasteiger partial charge in [-0.15, -0.1) is 0 Å². The number of carbonyl (C=O) groups is 2. The van der Waals surface area contributed by atoms with Gasteiger partial charge in [-0.1, -0.05) is 12.8 Å². The zero-order valence-corrected chi connectivity index (χ0v) is 18.7. The highest BCUT2D eigenvalue weighted by molar-refractivity contribution is 5.89. The molecule has 1 aromatic carbocycles. The maximum absolute atomic E-state index is 12.5.